The summed E-state index contributed by atoms with van der Waals surface area (Å²) in [6, 6.07) is 16.3. The Balaban J connectivity index is 1.83. The van der Waals surface area contributed by atoms with E-state index in [1.165, 1.54) is 18.3 Å². The van der Waals surface area contributed by atoms with Gasteiger partial charge in [0.05, 0.1) is 31.5 Å². The van der Waals surface area contributed by atoms with Crippen LogP contribution in [-0.4, -0.2) is 35.4 Å². The first kappa shape index (κ1) is 22.0. The Morgan fingerprint density at radius 3 is 2.58 bits per heavy atom. The molecule has 33 heavy (non-hydrogen) atoms. The Kier molecular flexibility index (Phi) is 6.31. The maximum Gasteiger partial charge on any atom is 0.296 e. The van der Waals surface area contributed by atoms with Crippen molar-refractivity contribution in [2.75, 3.05) is 13.7 Å². The summed E-state index contributed by atoms with van der Waals surface area (Å²) in [6.45, 7) is 4.02. The second-order valence-electron chi connectivity index (χ2n) is 7.41. The van der Waals surface area contributed by atoms with Crippen molar-refractivity contribution in [3.63, 3.8) is 0 Å². The number of carbonyl (C=O) groups excluding carboxylic acids is 2. The number of rotatable bonds is 8. The number of Topliss-reactive ketones (excluding diaryl/α,β-unsaturated/α-hetero) is 1. The summed E-state index contributed by atoms with van der Waals surface area (Å²) in [5.74, 6) is -0.0687. The Morgan fingerprint density at radius 2 is 1.91 bits per heavy atom. The van der Waals surface area contributed by atoms with Crippen molar-refractivity contribution >= 4 is 17.4 Å². The molecule has 0 saturated carbocycles. The number of nitrogens with zero attached hydrogens (tertiary/aromatic N) is 1. The molecule has 0 spiro atoms. The fourth-order valence-electron chi connectivity index (χ4n) is 3.79. The Bertz CT molecular complexity index is 1190. The Labute approximate surface area is 191 Å². The van der Waals surface area contributed by atoms with E-state index in [1.807, 2.05) is 0 Å². The van der Waals surface area contributed by atoms with E-state index in [-0.39, 0.29) is 17.9 Å². The van der Waals surface area contributed by atoms with E-state index in [4.69, 9.17) is 13.9 Å². The van der Waals surface area contributed by atoms with Gasteiger partial charge in [0.25, 0.3) is 11.7 Å². The van der Waals surface area contributed by atoms with Crippen LogP contribution in [0.3, 0.4) is 0 Å². The van der Waals surface area contributed by atoms with Crippen molar-refractivity contribution in [1.29, 1.82) is 0 Å². The predicted octanol–water partition coefficient (Wildman–Crippen LogP) is 4.47. The molecule has 1 amide bonds. The first-order chi connectivity index (χ1) is 16.0. The van der Waals surface area contributed by atoms with Gasteiger partial charge in [0, 0.05) is 5.56 Å². The van der Waals surface area contributed by atoms with E-state index >= 15 is 0 Å². The molecule has 1 unspecified atom stereocenters. The quantitative estimate of drug-likeness (QED) is 0.238. The number of aliphatic hydroxyl groups is 1. The number of likely N-dealkylation sites (tertiary alicyclic amines) is 1. The normalized spacial score (nSPS) is 17.2. The van der Waals surface area contributed by atoms with Crippen molar-refractivity contribution in [1.82, 2.24) is 4.90 Å². The van der Waals surface area contributed by atoms with Crippen LogP contribution in [0.15, 0.2) is 89.6 Å². The van der Waals surface area contributed by atoms with Crippen molar-refractivity contribution in [3.8, 4) is 11.5 Å². The number of hydrogen-bond acceptors (Lipinski definition) is 6. The van der Waals surface area contributed by atoms with Crippen LogP contribution >= 0.6 is 0 Å². The minimum atomic E-state index is -0.829. The van der Waals surface area contributed by atoms with Crippen LogP contribution < -0.4 is 9.47 Å². The summed E-state index contributed by atoms with van der Waals surface area (Å²) < 4.78 is 16.2. The number of amides is 1. The van der Waals surface area contributed by atoms with Gasteiger partial charge in [-0.15, -0.1) is 0 Å². The van der Waals surface area contributed by atoms with E-state index in [9.17, 15) is 14.7 Å². The SMILES string of the molecule is C=CCOc1cccc(C2/C(=C(\O)c3ccc(OC)cc3)C(=O)C(=O)N2Cc2ccco2)c1. The number of carbonyl (C=O) groups is 2. The highest BCUT2D eigenvalue weighted by atomic mass is 16.5. The number of benzene rings is 2. The summed E-state index contributed by atoms with van der Waals surface area (Å²) in [5, 5.41) is 11.1. The summed E-state index contributed by atoms with van der Waals surface area (Å²) >= 11 is 0. The monoisotopic (exact) mass is 445 g/mol. The molecule has 4 rings (SSSR count). The molecule has 1 aliphatic heterocycles. The fourth-order valence-corrected chi connectivity index (χ4v) is 3.79. The van der Waals surface area contributed by atoms with Crippen LogP contribution in [0.2, 0.25) is 0 Å². The molecule has 2 heterocycles. The summed E-state index contributed by atoms with van der Waals surface area (Å²) in [6.07, 6.45) is 3.13. The van der Waals surface area contributed by atoms with E-state index in [1.54, 1.807) is 66.7 Å². The van der Waals surface area contributed by atoms with Crippen LogP contribution in [0.4, 0.5) is 0 Å². The molecule has 7 nitrogen and oxygen atoms in total. The number of aliphatic hydroxyl groups excluding tert-OH is 1. The van der Waals surface area contributed by atoms with Gasteiger partial charge >= 0.3 is 0 Å². The van der Waals surface area contributed by atoms with Gasteiger partial charge in [-0.2, -0.15) is 0 Å². The number of ether oxygens (including phenoxy) is 2. The molecular formula is C26H23NO6. The van der Waals surface area contributed by atoms with Crippen LogP contribution in [0.5, 0.6) is 11.5 Å². The smallest absolute Gasteiger partial charge is 0.296 e. The Morgan fingerprint density at radius 1 is 1.12 bits per heavy atom. The van der Waals surface area contributed by atoms with Crippen molar-refractivity contribution < 1.29 is 28.6 Å². The topological polar surface area (TPSA) is 89.2 Å². The van der Waals surface area contributed by atoms with Gasteiger partial charge in [0.1, 0.15) is 29.6 Å². The highest BCUT2D eigenvalue weighted by Gasteiger charge is 2.46. The lowest BCUT2D eigenvalue weighted by molar-refractivity contribution is -0.140. The minimum absolute atomic E-state index is 0.00223. The van der Waals surface area contributed by atoms with Gasteiger partial charge < -0.3 is 23.9 Å². The number of furan rings is 1. The molecule has 7 heteroatoms. The van der Waals surface area contributed by atoms with Crippen molar-refractivity contribution in [2.45, 2.75) is 12.6 Å². The lowest BCUT2D eigenvalue weighted by atomic mass is 9.95. The van der Waals surface area contributed by atoms with Crippen LogP contribution in [0.25, 0.3) is 5.76 Å². The lowest BCUT2D eigenvalue weighted by Crippen LogP contribution is -2.29. The number of ketones is 1. The third-order valence-corrected chi connectivity index (χ3v) is 5.35. The highest BCUT2D eigenvalue weighted by Crippen LogP contribution is 2.41. The molecule has 1 fully saturated rings. The third kappa shape index (κ3) is 4.39. The first-order valence-corrected chi connectivity index (χ1v) is 10.3. The number of hydrogen-bond donors (Lipinski definition) is 1. The summed E-state index contributed by atoms with van der Waals surface area (Å²) in [5.41, 5.74) is 1.02. The number of methoxy groups -OCH3 is 1. The molecule has 1 saturated heterocycles. The minimum Gasteiger partial charge on any atom is -0.507 e. The molecule has 0 bridgehead atoms. The van der Waals surface area contributed by atoms with Gasteiger partial charge in [0.15, 0.2) is 0 Å². The van der Waals surface area contributed by atoms with Crippen molar-refractivity contribution in [2.24, 2.45) is 0 Å². The zero-order valence-corrected chi connectivity index (χ0v) is 18.1. The molecule has 168 valence electrons. The second-order valence-corrected chi connectivity index (χ2v) is 7.41. The van der Waals surface area contributed by atoms with Crippen LogP contribution in [-0.2, 0) is 16.1 Å². The average Bonchev–Trinajstić information content (AvgIpc) is 3.45. The lowest BCUT2D eigenvalue weighted by Gasteiger charge is -2.25. The van der Waals surface area contributed by atoms with Gasteiger partial charge in [-0.3, -0.25) is 9.59 Å². The predicted molar refractivity (Wildman–Crippen MR) is 122 cm³/mol. The molecule has 1 aliphatic rings. The highest BCUT2D eigenvalue weighted by molar-refractivity contribution is 6.46. The van der Waals surface area contributed by atoms with Gasteiger partial charge in [0.2, 0.25) is 0 Å². The van der Waals surface area contributed by atoms with Gasteiger partial charge in [-0.25, -0.2) is 0 Å². The molecule has 0 aliphatic carbocycles. The largest absolute Gasteiger partial charge is 0.507 e. The molecule has 1 atom stereocenters. The van der Waals surface area contributed by atoms with Crippen LogP contribution in [0, 0.1) is 0 Å². The average molecular weight is 445 g/mol. The van der Waals surface area contributed by atoms with E-state index in [0.717, 1.165) is 0 Å². The first-order valence-electron chi connectivity index (χ1n) is 10.3. The standard InChI is InChI=1S/C26H23NO6/c1-3-13-32-20-7-4-6-18(15-20)23-22(24(28)17-9-11-19(31-2)12-10-17)25(29)26(30)27(23)16-21-8-5-14-33-21/h3-12,14-15,23,28H,1,13,16H2,2H3/b24-22+. The zero-order valence-electron chi connectivity index (χ0n) is 18.1. The maximum atomic E-state index is 13.1. The molecule has 0 radical (unpaired) electrons. The molecular weight excluding hydrogens is 422 g/mol. The summed E-state index contributed by atoms with van der Waals surface area (Å²) in [7, 11) is 1.54. The zero-order chi connectivity index (χ0) is 23.4. The molecule has 1 aromatic heterocycles. The molecule has 3 aromatic rings. The van der Waals surface area contributed by atoms with E-state index < -0.39 is 17.7 Å². The van der Waals surface area contributed by atoms with Crippen molar-refractivity contribution in [3.05, 3.63) is 102 Å². The third-order valence-electron chi connectivity index (χ3n) is 5.35. The fraction of sp³-hybridized carbons (Fsp3) is 0.154. The van der Waals surface area contributed by atoms with Gasteiger partial charge in [-0.05, 0) is 54.1 Å². The Hall–Kier alpha value is -4.26. The van der Waals surface area contributed by atoms with Gasteiger partial charge in [-0.1, -0.05) is 24.8 Å². The second kappa shape index (κ2) is 9.48. The summed E-state index contributed by atoms with van der Waals surface area (Å²) in [4.78, 5) is 27.5. The molecule has 1 N–H and O–H groups in total. The van der Waals surface area contributed by atoms with E-state index in [2.05, 4.69) is 6.58 Å². The van der Waals surface area contributed by atoms with E-state index in [0.29, 0.717) is 35.0 Å². The maximum absolute atomic E-state index is 13.1. The molecule has 2 aromatic carbocycles. The van der Waals surface area contributed by atoms with Crippen LogP contribution in [0.1, 0.15) is 22.9 Å².